The van der Waals surface area contributed by atoms with Crippen molar-refractivity contribution in [3.8, 4) is 0 Å². The predicted octanol–water partition coefficient (Wildman–Crippen LogP) is 2.10. The van der Waals surface area contributed by atoms with Gasteiger partial charge in [0.2, 0.25) is 0 Å². The average molecular weight is 254 g/mol. The summed E-state index contributed by atoms with van der Waals surface area (Å²) in [5.41, 5.74) is 0. The van der Waals surface area contributed by atoms with E-state index in [4.69, 9.17) is 0 Å². The molecule has 0 spiro atoms. The van der Waals surface area contributed by atoms with Gasteiger partial charge < -0.3 is 10.0 Å². The molecule has 1 aliphatic carbocycles. The standard InChI is InChI=1S/C15H30N2O/c1-16-10-5-4-6-14(16)9-11-17(12-13-18)15-7-2-3-8-15/h14-15,18H,2-13H2,1H3. The molecule has 18 heavy (non-hydrogen) atoms. The van der Waals surface area contributed by atoms with Crippen molar-refractivity contribution in [1.29, 1.82) is 0 Å². The number of aliphatic hydroxyl groups excluding tert-OH is 1. The Bertz CT molecular complexity index is 229. The van der Waals surface area contributed by atoms with E-state index in [1.54, 1.807) is 0 Å². The van der Waals surface area contributed by atoms with E-state index in [1.165, 1.54) is 64.5 Å². The number of nitrogens with zero attached hydrogens (tertiary/aromatic N) is 2. The highest BCUT2D eigenvalue weighted by molar-refractivity contribution is 4.80. The highest BCUT2D eigenvalue weighted by atomic mass is 16.3. The molecule has 1 aliphatic heterocycles. The van der Waals surface area contributed by atoms with Crippen LogP contribution in [0.2, 0.25) is 0 Å². The lowest BCUT2D eigenvalue weighted by Crippen LogP contribution is -2.42. The minimum atomic E-state index is 0.316. The summed E-state index contributed by atoms with van der Waals surface area (Å²) in [7, 11) is 2.27. The van der Waals surface area contributed by atoms with Crippen LogP contribution in [0.3, 0.4) is 0 Å². The lowest BCUT2D eigenvalue weighted by molar-refractivity contribution is 0.117. The highest BCUT2D eigenvalue weighted by Gasteiger charge is 2.24. The van der Waals surface area contributed by atoms with E-state index in [0.29, 0.717) is 6.61 Å². The topological polar surface area (TPSA) is 26.7 Å². The molecule has 1 N–H and O–H groups in total. The maximum Gasteiger partial charge on any atom is 0.0558 e. The SMILES string of the molecule is CN1CCCCC1CCN(CCO)C1CCCC1. The quantitative estimate of drug-likeness (QED) is 0.786. The summed E-state index contributed by atoms with van der Waals surface area (Å²) in [5, 5.41) is 9.23. The van der Waals surface area contributed by atoms with Gasteiger partial charge in [0.1, 0.15) is 0 Å². The van der Waals surface area contributed by atoms with Crippen LogP contribution in [0, 0.1) is 0 Å². The molecule has 0 radical (unpaired) electrons. The summed E-state index contributed by atoms with van der Waals surface area (Å²) < 4.78 is 0. The minimum Gasteiger partial charge on any atom is -0.395 e. The van der Waals surface area contributed by atoms with Gasteiger partial charge in [-0.1, -0.05) is 19.3 Å². The smallest absolute Gasteiger partial charge is 0.0558 e. The van der Waals surface area contributed by atoms with Crippen LogP contribution >= 0.6 is 0 Å². The molecule has 0 aromatic rings. The largest absolute Gasteiger partial charge is 0.395 e. The van der Waals surface area contributed by atoms with Crippen LogP contribution in [0.25, 0.3) is 0 Å². The Kier molecular flexibility index (Phi) is 5.93. The molecule has 0 aromatic carbocycles. The van der Waals surface area contributed by atoms with Gasteiger partial charge in [-0.25, -0.2) is 0 Å². The van der Waals surface area contributed by atoms with Gasteiger partial charge in [0, 0.05) is 25.2 Å². The van der Waals surface area contributed by atoms with Gasteiger partial charge in [0.05, 0.1) is 6.61 Å². The number of likely N-dealkylation sites (tertiary alicyclic amines) is 1. The Hall–Kier alpha value is -0.120. The van der Waals surface area contributed by atoms with Gasteiger partial charge in [-0.05, 0) is 45.7 Å². The summed E-state index contributed by atoms with van der Waals surface area (Å²) in [6.07, 6.45) is 10.9. The molecule has 2 fully saturated rings. The van der Waals surface area contributed by atoms with Crippen molar-refractivity contribution in [1.82, 2.24) is 9.80 Å². The van der Waals surface area contributed by atoms with E-state index in [9.17, 15) is 5.11 Å². The fourth-order valence-electron chi connectivity index (χ4n) is 3.70. The Morgan fingerprint density at radius 3 is 2.44 bits per heavy atom. The molecule has 2 aliphatic rings. The van der Waals surface area contributed by atoms with E-state index >= 15 is 0 Å². The third-order valence-electron chi connectivity index (χ3n) is 4.90. The molecule has 0 bridgehead atoms. The minimum absolute atomic E-state index is 0.316. The van der Waals surface area contributed by atoms with Crippen LogP contribution in [0.15, 0.2) is 0 Å². The monoisotopic (exact) mass is 254 g/mol. The molecular formula is C15H30N2O. The van der Waals surface area contributed by atoms with Crippen LogP contribution in [0.1, 0.15) is 51.4 Å². The molecule has 3 nitrogen and oxygen atoms in total. The predicted molar refractivity (Wildman–Crippen MR) is 75.8 cm³/mol. The lowest BCUT2D eigenvalue weighted by atomic mass is 9.99. The number of aliphatic hydroxyl groups is 1. The summed E-state index contributed by atoms with van der Waals surface area (Å²) in [6.45, 7) is 3.65. The number of hydrogen-bond donors (Lipinski definition) is 1. The lowest BCUT2D eigenvalue weighted by Gasteiger charge is -2.35. The molecule has 3 heteroatoms. The number of piperidine rings is 1. The second-order valence-electron chi connectivity index (χ2n) is 6.12. The Morgan fingerprint density at radius 2 is 1.78 bits per heavy atom. The van der Waals surface area contributed by atoms with Crippen molar-refractivity contribution < 1.29 is 5.11 Å². The van der Waals surface area contributed by atoms with Crippen LogP contribution in [-0.2, 0) is 0 Å². The summed E-state index contributed by atoms with van der Waals surface area (Å²) >= 11 is 0. The van der Waals surface area contributed by atoms with Crippen molar-refractivity contribution in [2.24, 2.45) is 0 Å². The molecule has 0 amide bonds. The van der Waals surface area contributed by atoms with Crippen molar-refractivity contribution in [2.45, 2.75) is 63.5 Å². The van der Waals surface area contributed by atoms with Crippen LogP contribution in [-0.4, -0.2) is 60.3 Å². The maximum atomic E-state index is 9.23. The maximum absolute atomic E-state index is 9.23. The fourth-order valence-corrected chi connectivity index (χ4v) is 3.70. The third kappa shape index (κ3) is 3.94. The van der Waals surface area contributed by atoms with Crippen molar-refractivity contribution in [3.05, 3.63) is 0 Å². The second kappa shape index (κ2) is 7.46. The summed E-state index contributed by atoms with van der Waals surface area (Å²) in [4.78, 5) is 5.09. The summed E-state index contributed by atoms with van der Waals surface area (Å²) in [5.74, 6) is 0. The van der Waals surface area contributed by atoms with Crippen LogP contribution in [0.5, 0.6) is 0 Å². The van der Waals surface area contributed by atoms with E-state index in [2.05, 4.69) is 16.8 Å². The molecule has 1 saturated carbocycles. The van der Waals surface area contributed by atoms with Gasteiger partial charge in [0.25, 0.3) is 0 Å². The fraction of sp³-hybridized carbons (Fsp3) is 1.00. The van der Waals surface area contributed by atoms with Crippen molar-refractivity contribution in [2.75, 3.05) is 33.3 Å². The van der Waals surface area contributed by atoms with Crippen molar-refractivity contribution >= 4 is 0 Å². The molecule has 106 valence electrons. The molecule has 2 rings (SSSR count). The summed E-state index contributed by atoms with van der Waals surface area (Å²) in [6, 6.07) is 1.53. The molecule has 0 aromatic heterocycles. The molecule has 1 saturated heterocycles. The van der Waals surface area contributed by atoms with E-state index in [-0.39, 0.29) is 0 Å². The van der Waals surface area contributed by atoms with Gasteiger partial charge in [-0.15, -0.1) is 0 Å². The molecule has 1 heterocycles. The first-order chi connectivity index (χ1) is 8.81. The zero-order valence-electron chi connectivity index (χ0n) is 12.0. The highest BCUT2D eigenvalue weighted by Crippen LogP contribution is 2.25. The molecular weight excluding hydrogens is 224 g/mol. The van der Waals surface area contributed by atoms with Crippen LogP contribution in [0.4, 0.5) is 0 Å². The van der Waals surface area contributed by atoms with Crippen molar-refractivity contribution in [3.63, 3.8) is 0 Å². The zero-order chi connectivity index (χ0) is 12.8. The van der Waals surface area contributed by atoms with E-state index in [1.807, 2.05) is 0 Å². The number of rotatable bonds is 6. The Labute approximate surface area is 112 Å². The molecule has 1 atom stereocenters. The first-order valence-corrected chi connectivity index (χ1v) is 7.86. The average Bonchev–Trinajstić information content (AvgIpc) is 2.90. The van der Waals surface area contributed by atoms with E-state index < -0.39 is 0 Å². The zero-order valence-corrected chi connectivity index (χ0v) is 12.0. The third-order valence-corrected chi connectivity index (χ3v) is 4.90. The Morgan fingerprint density at radius 1 is 1.06 bits per heavy atom. The van der Waals surface area contributed by atoms with Gasteiger partial charge in [0.15, 0.2) is 0 Å². The normalized spacial score (nSPS) is 27.2. The second-order valence-corrected chi connectivity index (χ2v) is 6.12. The first kappa shape index (κ1) is 14.3. The number of hydrogen-bond acceptors (Lipinski definition) is 3. The molecule has 1 unspecified atom stereocenters. The first-order valence-electron chi connectivity index (χ1n) is 7.86. The van der Waals surface area contributed by atoms with Crippen LogP contribution < -0.4 is 0 Å². The van der Waals surface area contributed by atoms with Gasteiger partial charge in [-0.2, -0.15) is 0 Å². The van der Waals surface area contributed by atoms with E-state index in [0.717, 1.165) is 18.6 Å². The Balaban J connectivity index is 1.77. The van der Waals surface area contributed by atoms with Gasteiger partial charge in [-0.3, -0.25) is 4.90 Å². The van der Waals surface area contributed by atoms with Gasteiger partial charge >= 0.3 is 0 Å².